The Balaban J connectivity index is 0.000000236. The van der Waals surface area contributed by atoms with Crippen LogP contribution in [0.25, 0.3) is 11.0 Å². The number of nitrogens with one attached hydrogen (secondary N) is 1. The van der Waals surface area contributed by atoms with Crippen molar-refractivity contribution in [2.24, 2.45) is 5.41 Å². The Hall–Kier alpha value is -2.69. The van der Waals surface area contributed by atoms with Crippen molar-refractivity contribution in [2.75, 3.05) is 0 Å². The maximum Gasteiger partial charge on any atom is 0.335 e. The average Bonchev–Trinajstić information content (AvgIpc) is 3.05. The number of carboxylic acid groups (broad SMARTS) is 1. The minimum atomic E-state index is -0.971. The van der Waals surface area contributed by atoms with Crippen molar-refractivity contribution in [3.8, 4) is 0 Å². The smallest absolute Gasteiger partial charge is 0.335 e. The lowest BCUT2D eigenvalue weighted by Crippen LogP contribution is -2.14. The van der Waals surface area contributed by atoms with Crippen LogP contribution in [0.2, 0.25) is 0 Å². The third kappa shape index (κ3) is 5.41. The molecular formula is C23H27FN2O2. The predicted molar refractivity (Wildman–Crippen MR) is 109 cm³/mol. The van der Waals surface area contributed by atoms with Crippen molar-refractivity contribution >= 4 is 17.0 Å². The molecule has 28 heavy (non-hydrogen) atoms. The summed E-state index contributed by atoms with van der Waals surface area (Å²) in [6.45, 7) is 4.76. The predicted octanol–water partition coefficient (Wildman–Crippen LogP) is 5.97. The molecule has 0 unspecified atom stereocenters. The van der Waals surface area contributed by atoms with E-state index in [1.165, 1.54) is 50.3 Å². The molecular weight excluding hydrogens is 355 g/mol. The molecule has 0 amide bonds. The van der Waals surface area contributed by atoms with Crippen LogP contribution in [0.15, 0.2) is 42.5 Å². The first-order chi connectivity index (χ1) is 13.3. The molecule has 148 valence electrons. The zero-order valence-electron chi connectivity index (χ0n) is 16.5. The van der Waals surface area contributed by atoms with Gasteiger partial charge in [0.1, 0.15) is 11.6 Å². The van der Waals surface area contributed by atoms with Crippen molar-refractivity contribution in [1.82, 2.24) is 9.97 Å². The monoisotopic (exact) mass is 382 g/mol. The Morgan fingerprint density at radius 3 is 2.36 bits per heavy atom. The molecule has 5 heteroatoms. The number of rotatable bonds is 3. The highest BCUT2D eigenvalue weighted by Crippen LogP contribution is 2.34. The minimum Gasteiger partial charge on any atom is -0.478 e. The summed E-state index contributed by atoms with van der Waals surface area (Å²) in [6, 6.07) is 11.0. The molecule has 0 spiro atoms. The molecule has 1 heterocycles. The second-order valence-corrected chi connectivity index (χ2v) is 8.25. The number of nitrogens with zero attached hydrogens (tertiary/aromatic N) is 1. The second kappa shape index (κ2) is 8.55. The number of carboxylic acids is 1. The molecule has 2 N–H and O–H groups in total. The van der Waals surface area contributed by atoms with Crippen LogP contribution < -0.4 is 0 Å². The van der Waals surface area contributed by atoms with E-state index in [-0.39, 0.29) is 11.4 Å². The van der Waals surface area contributed by atoms with Crippen LogP contribution in [0.5, 0.6) is 0 Å². The summed E-state index contributed by atoms with van der Waals surface area (Å²) >= 11 is 0. The lowest BCUT2D eigenvalue weighted by Gasteiger charge is -2.28. The van der Waals surface area contributed by atoms with E-state index in [9.17, 15) is 9.18 Å². The third-order valence-electron chi connectivity index (χ3n) is 5.27. The molecule has 0 bridgehead atoms. The number of imidazole rings is 1. The molecule has 4 nitrogen and oxygen atoms in total. The summed E-state index contributed by atoms with van der Waals surface area (Å²) in [7, 11) is 0. The molecule has 0 radical (unpaired) electrons. The topological polar surface area (TPSA) is 66.0 Å². The number of halogens is 1. The van der Waals surface area contributed by atoms with Gasteiger partial charge in [0.25, 0.3) is 0 Å². The number of benzene rings is 2. The minimum absolute atomic E-state index is 0.217. The number of carbonyl (C=O) groups is 1. The summed E-state index contributed by atoms with van der Waals surface area (Å²) in [5, 5.41) is 8.94. The average molecular weight is 382 g/mol. The third-order valence-corrected chi connectivity index (χ3v) is 5.27. The maximum atomic E-state index is 12.8. The molecule has 3 aromatic rings. The highest BCUT2D eigenvalue weighted by molar-refractivity contribution is 5.92. The maximum absolute atomic E-state index is 12.8. The van der Waals surface area contributed by atoms with Gasteiger partial charge >= 0.3 is 5.97 Å². The summed E-state index contributed by atoms with van der Waals surface area (Å²) in [5.74, 6) is -0.528. The van der Waals surface area contributed by atoms with Gasteiger partial charge in [0.2, 0.25) is 0 Å². The van der Waals surface area contributed by atoms with Crippen LogP contribution in [0, 0.1) is 11.2 Å². The molecule has 0 atom stereocenters. The van der Waals surface area contributed by atoms with Crippen LogP contribution >= 0.6 is 0 Å². The fraction of sp³-hybridized carbons (Fsp3) is 0.391. The van der Waals surface area contributed by atoms with Crippen molar-refractivity contribution in [3.63, 3.8) is 0 Å². The summed E-state index contributed by atoms with van der Waals surface area (Å²) < 4.78 is 12.8. The van der Waals surface area contributed by atoms with E-state index in [0.717, 1.165) is 5.56 Å². The van der Waals surface area contributed by atoms with Gasteiger partial charge in [0.15, 0.2) is 0 Å². The van der Waals surface area contributed by atoms with Crippen molar-refractivity contribution in [2.45, 2.75) is 52.4 Å². The van der Waals surface area contributed by atoms with Gasteiger partial charge in [-0.05, 0) is 54.2 Å². The van der Waals surface area contributed by atoms with Gasteiger partial charge in [0, 0.05) is 6.42 Å². The Morgan fingerprint density at radius 1 is 1.11 bits per heavy atom. The molecule has 1 saturated carbocycles. The second-order valence-electron chi connectivity index (χ2n) is 8.25. The van der Waals surface area contributed by atoms with Crippen LogP contribution in [-0.2, 0) is 6.42 Å². The molecule has 2 aromatic carbocycles. The van der Waals surface area contributed by atoms with Crippen molar-refractivity contribution < 1.29 is 14.3 Å². The SMILES string of the molecule is CC1(C)CCCCC1.O=C(O)c1ccc2nc(Cc3ccc(F)cc3)[nH]c2c1. The number of hydrogen-bond acceptors (Lipinski definition) is 2. The molecule has 1 fully saturated rings. The number of hydrogen-bond donors (Lipinski definition) is 2. The van der Waals surface area contributed by atoms with E-state index in [1.807, 2.05) is 0 Å². The first-order valence-electron chi connectivity index (χ1n) is 9.79. The molecule has 0 aliphatic heterocycles. The first kappa shape index (κ1) is 20.1. The summed E-state index contributed by atoms with van der Waals surface area (Å²) in [6.07, 6.45) is 7.85. The number of aromatic carboxylic acids is 1. The Kier molecular flexibility index (Phi) is 6.12. The lowest BCUT2D eigenvalue weighted by molar-refractivity contribution is 0.0697. The number of fused-ring (bicyclic) bond motifs is 1. The molecule has 0 saturated heterocycles. The highest BCUT2D eigenvalue weighted by Gasteiger charge is 2.19. The van der Waals surface area contributed by atoms with Crippen molar-refractivity contribution in [1.29, 1.82) is 0 Å². The zero-order valence-corrected chi connectivity index (χ0v) is 16.5. The quantitative estimate of drug-likeness (QED) is 0.587. The van der Waals surface area contributed by atoms with Gasteiger partial charge in [-0.3, -0.25) is 0 Å². The van der Waals surface area contributed by atoms with Gasteiger partial charge < -0.3 is 10.1 Å². The summed E-state index contributed by atoms with van der Waals surface area (Å²) in [5.41, 5.74) is 3.23. The van der Waals surface area contributed by atoms with Crippen molar-refractivity contribution in [3.05, 3.63) is 65.2 Å². The lowest BCUT2D eigenvalue weighted by atomic mass is 9.78. The number of aromatic amines is 1. The van der Waals surface area contributed by atoms with E-state index < -0.39 is 5.97 Å². The standard InChI is InChI=1S/C15H11FN2O2.C8H16/c16-11-4-1-9(2-5-11)7-14-17-12-6-3-10(15(19)20)8-13(12)18-14;1-8(2)6-4-3-5-7-8/h1-6,8H,7H2,(H,17,18)(H,19,20);3-7H2,1-2H3. The zero-order chi connectivity index (χ0) is 20.1. The van der Waals surface area contributed by atoms with E-state index in [1.54, 1.807) is 24.3 Å². The van der Waals surface area contributed by atoms with Crippen LogP contribution in [-0.4, -0.2) is 21.0 Å². The van der Waals surface area contributed by atoms with Gasteiger partial charge in [0.05, 0.1) is 16.6 Å². The Labute approximate surface area is 164 Å². The highest BCUT2D eigenvalue weighted by atomic mass is 19.1. The first-order valence-corrected chi connectivity index (χ1v) is 9.79. The van der Waals surface area contributed by atoms with E-state index >= 15 is 0 Å². The Morgan fingerprint density at radius 2 is 1.79 bits per heavy atom. The van der Waals surface area contributed by atoms with E-state index in [0.29, 0.717) is 28.7 Å². The fourth-order valence-corrected chi connectivity index (χ4v) is 3.58. The van der Waals surface area contributed by atoms with Gasteiger partial charge in [-0.25, -0.2) is 14.2 Å². The largest absolute Gasteiger partial charge is 0.478 e. The molecule has 1 aliphatic rings. The molecule has 1 aliphatic carbocycles. The van der Waals surface area contributed by atoms with E-state index in [2.05, 4.69) is 23.8 Å². The van der Waals surface area contributed by atoms with Crippen LogP contribution in [0.3, 0.4) is 0 Å². The van der Waals surface area contributed by atoms with Gasteiger partial charge in [-0.15, -0.1) is 0 Å². The van der Waals surface area contributed by atoms with Crippen LogP contribution in [0.4, 0.5) is 4.39 Å². The molecule has 4 rings (SSSR count). The van der Waals surface area contributed by atoms with E-state index in [4.69, 9.17) is 5.11 Å². The van der Waals surface area contributed by atoms with Gasteiger partial charge in [-0.1, -0.05) is 45.2 Å². The number of H-pyrrole nitrogens is 1. The summed E-state index contributed by atoms with van der Waals surface area (Å²) in [4.78, 5) is 18.4. The van der Waals surface area contributed by atoms with Crippen LogP contribution in [0.1, 0.15) is 67.7 Å². The molecule has 1 aromatic heterocycles. The Bertz CT molecular complexity index is 937. The number of aromatic nitrogens is 2. The fourth-order valence-electron chi connectivity index (χ4n) is 3.58. The normalized spacial score (nSPS) is 15.7. The van der Waals surface area contributed by atoms with Gasteiger partial charge in [-0.2, -0.15) is 0 Å².